The van der Waals surface area contributed by atoms with Crippen molar-refractivity contribution in [1.82, 2.24) is 25.0 Å². The minimum absolute atomic E-state index is 0.00147. The highest BCUT2D eigenvalue weighted by Crippen LogP contribution is 2.39. The van der Waals surface area contributed by atoms with E-state index in [1.807, 2.05) is 31.3 Å². The fourth-order valence-electron chi connectivity index (χ4n) is 4.81. The molecule has 0 radical (unpaired) electrons. The molecule has 38 heavy (non-hydrogen) atoms. The smallest absolute Gasteiger partial charge is 0.254 e. The number of hydrogen-bond donors (Lipinski definition) is 3. The van der Waals surface area contributed by atoms with Crippen LogP contribution in [-0.4, -0.2) is 51.8 Å². The summed E-state index contributed by atoms with van der Waals surface area (Å²) in [5.74, 6) is -1.64. The van der Waals surface area contributed by atoms with Gasteiger partial charge in [0.25, 0.3) is 5.91 Å². The first kappa shape index (κ1) is 26.1. The van der Waals surface area contributed by atoms with Crippen molar-refractivity contribution in [3.8, 4) is 22.3 Å². The molecule has 1 aliphatic heterocycles. The van der Waals surface area contributed by atoms with Gasteiger partial charge in [0.05, 0.1) is 27.6 Å². The predicted octanol–water partition coefficient (Wildman–Crippen LogP) is 4.53. The zero-order chi connectivity index (χ0) is 27.2. The molecule has 1 amide bonds. The monoisotopic (exact) mass is 554 g/mol. The number of aryl methyl sites for hydroxylation is 1. The number of likely N-dealkylation sites (tertiary alicyclic amines) is 1. The lowest BCUT2D eigenvalue weighted by molar-refractivity contribution is 0.0929. The number of aromatic nitrogens is 3. The number of halogens is 3. The molecule has 1 saturated heterocycles. The van der Waals surface area contributed by atoms with Crippen molar-refractivity contribution < 1.29 is 13.6 Å². The van der Waals surface area contributed by atoms with Crippen LogP contribution in [0.3, 0.4) is 0 Å². The van der Waals surface area contributed by atoms with Crippen LogP contribution in [0.15, 0.2) is 61.1 Å². The molecule has 0 aliphatic carbocycles. The van der Waals surface area contributed by atoms with Gasteiger partial charge in [0.1, 0.15) is 17.5 Å². The van der Waals surface area contributed by atoms with Crippen LogP contribution in [0.5, 0.6) is 0 Å². The quantitative estimate of drug-likeness (QED) is 0.315. The number of hydrogen-bond acceptors (Lipinski definition) is 6. The Balaban J connectivity index is 1.41. The lowest BCUT2D eigenvalue weighted by Gasteiger charge is -2.31. The number of amides is 1. The minimum Gasteiger partial charge on any atom is -0.383 e. The second-order valence-corrected chi connectivity index (χ2v) is 10.7. The number of rotatable bonds is 5. The van der Waals surface area contributed by atoms with Gasteiger partial charge in [0, 0.05) is 49.2 Å². The molecule has 196 valence electrons. The molecule has 7 nitrogen and oxygen atoms in total. The summed E-state index contributed by atoms with van der Waals surface area (Å²) in [6, 6.07) is 10.1. The van der Waals surface area contributed by atoms with Gasteiger partial charge in [-0.25, -0.2) is 13.8 Å². The maximum absolute atomic E-state index is 15.3. The van der Waals surface area contributed by atoms with Crippen LogP contribution in [0.2, 0.25) is 5.02 Å². The summed E-state index contributed by atoms with van der Waals surface area (Å²) in [7, 11) is 3.68. The molecule has 0 unspecified atom stereocenters. The van der Waals surface area contributed by atoms with Gasteiger partial charge in [0.2, 0.25) is 0 Å². The zero-order valence-corrected chi connectivity index (χ0v) is 22.3. The van der Waals surface area contributed by atoms with E-state index in [4.69, 9.17) is 30.0 Å². The second-order valence-electron chi connectivity index (χ2n) is 9.53. The van der Waals surface area contributed by atoms with Crippen molar-refractivity contribution in [3.05, 3.63) is 88.8 Å². The third kappa shape index (κ3) is 4.87. The molecule has 0 spiro atoms. The molecule has 3 heterocycles. The van der Waals surface area contributed by atoms with Crippen LogP contribution in [0.1, 0.15) is 15.9 Å². The Bertz CT molecular complexity index is 1550. The van der Waals surface area contributed by atoms with Crippen LogP contribution in [0.25, 0.3) is 22.3 Å². The Morgan fingerprint density at radius 3 is 2.58 bits per heavy atom. The number of benzene rings is 2. The fraction of sp³-hybridized carbons (Fsp3) is 0.222. The maximum atomic E-state index is 15.3. The van der Waals surface area contributed by atoms with Crippen molar-refractivity contribution in [2.75, 3.05) is 25.9 Å². The summed E-state index contributed by atoms with van der Waals surface area (Å²) in [5, 5.41) is 7.06. The number of carbonyl (C=O) groups excluding carboxylic acids is 1. The molecule has 1 aliphatic rings. The molecular formula is C27H25ClF2N6OS. The first-order chi connectivity index (χ1) is 18.0. The average Bonchev–Trinajstić information content (AvgIpc) is 3.43. The van der Waals surface area contributed by atoms with E-state index in [1.165, 1.54) is 24.3 Å². The van der Waals surface area contributed by atoms with Crippen molar-refractivity contribution in [3.63, 3.8) is 0 Å². The van der Waals surface area contributed by atoms with Gasteiger partial charge < -0.3 is 16.0 Å². The van der Waals surface area contributed by atoms with Crippen LogP contribution in [0.4, 0.5) is 14.6 Å². The van der Waals surface area contributed by atoms with E-state index in [0.717, 1.165) is 11.1 Å². The number of nitrogens with two attached hydrogens (primary N) is 1. The number of anilines is 1. The van der Waals surface area contributed by atoms with Crippen LogP contribution >= 0.6 is 24.2 Å². The highest BCUT2D eigenvalue weighted by molar-refractivity contribution is 7.81. The van der Waals surface area contributed by atoms with Gasteiger partial charge in [-0.2, -0.15) is 17.7 Å². The SMILES string of the molecule is CN1C[C@@H](NC(=O)c2ccc(-c3cc(-c4cnn(C)c4)cnc3N)cc2F)[C@](S)(c2ccc(Cl)c(F)c2)C1. The molecule has 5 rings (SSSR count). The summed E-state index contributed by atoms with van der Waals surface area (Å²) < 4.78 is 30.2. The second kappa shape index (κ2) is 10.0. The van der Waals surface area contributed by atoms with Gasteiger partial charge in [-0.05, 0) is 48.5 Å². The summed E-state index contributed by atoms with van der Waals surface area (Å²) in [6.45, 7) is 0.894. The Morgan fingerprint density at radius 2 is 1.89 bits per heavy atom. The van der Waals surface area contributed by atoms with Gasteiger partial charge in [-0.1, -0.05) is 23.7 Å². The van der Waals surface area contributed by atoms with Gasteiger partial charge in [-0.3, -0.25) is 9.48 Å². The zero-order valence-electron chi connectivity index (χ0n) is 20.6. The van der Waals surface area contributed by atoms with E-state index in [1.54, 1.807) is 29.2 Å². The van der Waals surface area contributed by atoms with E-state index in [0.29, 0.717) is 29.8 Å². The standard InChI is InChI=1S/C27H25ClF2N6OS/c1-35-13-24(27(38,14-35)18-4-6-21(28)23(30)9-18)34-26(37)19-5-3-15(8-22(19)29)20-7-16(10-32-25(20)31)17-11-33-36(2)12-17/h3-12,24,38H,13-14H2,1-2H3,(H2,31,32)(H,34,37)/t24-,27-/m1/s1. The van der Waals surface area contributed by atoms with E-state index >= 15 is 4.39 Å². The molecular weight excluding hydrogens is 530 g/mol. The summed E-state index contributed by atoms with van der Waals surface area (Å²) in [5.41, 5.74) is 9.18. The van der Waals surface area contributed by atoms with Crippen molar-refractivity contribution in [2.45, 2.75) is 10.8 Å². The Kier molecular flexibility index (Phi) is 6.89. The third-order valence-electron chi connectivity index (χ3n) is 6.79. The first-order valence-corrected chi connectivity index (χ1v) is 12.6. The van der Waals surface area contributed by atoms with Crippen LogP contribution in [-0.2, 0) is 11.8 Å². The van der Waals surface area contributed by atoms with Crippen LogP contribution < -0.4 is 11.1 Å². The van der Waals surface area contributed by atoms with Gasteiger partial charge in [0.15, 0.2) is 0 Å². The Hall–Kier alpha value is -3.47. The number of carbonyl (C=O) groups is 1. The number of nitrogens with zero attached hydrogens (tertiary/aromatic N) is 4. The maximum Gasteiger partial charge on any atom is 0.254 e. The Labute approximate surface area is 229 Å². The third-order valence-corrected chi connectivity index (χ3v) is 7.81. The highest BCUT2D eigenvalue weighted by Gasteiger charge is 2.45. The van der Waals surface area contributed by atoms with Crippen LogP contribution in [0, 0.1) is 11.6 Å². The fourth-order valence-corrected chi connectivity index (χ4v) is 5.45. The lowest BCUT2D eigenvalue weighted by atomic mass is 9.92. The van der Waals surface area contributed by atoms with E-state index < -0.39 is 28.3 Å². The molecule has 1 fully saturated rings. The molecule has 2 aromatic heterocycles. The molecule has 0 saturated carbocycles. The van der Waals surface area contributed by atoms with Crippen molar-refractivity contribution >= 4 is 36.0 Å². The summed E-state index contributed by atoms with van der Waals surface area (Å²) >= 11 is 10.7. The van der Waals surface area contributed by atoms with E-state index in [2.05, 4.69) is 15.4 Å². The number of nitrogen functional groups attached to an aromatic ring is 1. The Morgan fingerprint density at radius 1 is 1.11 bits per heavy atom. The van der Waals surface area contributed by atoms with Gasteiger partial charge in [-0.15, -0.1) is 0 Å². The molecule has 0 bridgehead atoms. The summed E-state index contributed by atoms with van der Waals surface area (Å²) in [6.07, 6.45) is 5.17. The molecule has 2 aromatic carbocycles. The highest BCUT2D eigenvalue weighted by atomic mass is 35.5. The minimum atomic E-state index is -0.904. The van der Waals surface area contributed by atoms with E-state index in [9.17, 15) is 9.18 Å². The molecule has 11 heteroatoms. The summed E-state index contributed by atoms with van der Waals surface area (Å²) in [4.78, 5) is 19.4. The lowest BCUT2D eigenvalue weighted by Crippen LogP contribution is -2.47. The number of pyridine rings is 1. The van der Waals surface area contributed by atoms with Crippen molar-refractivity contribution in [2.24, 2.45) is 7.05 Å². The number of nitrogens with one attached hydrogen (secondary N) is 1. The topological polar surface area (TPSA) is 89.1 Å². The first-order valence-electron chi connectivity index (χ1n) is 11.8. The van der Waals surface area contributed by atoms with Crippen molar-refractivity contribution in [1.29, 1.82) is 0 Å². The largest absolute Gasteiger partial charge is 0.383 e. The number of thiol groups is 1. The number of likely N-dealkylation sites (N-methyl/N-ethyl adjacent to an activating group) is 1. The van der Waals surface area contributed by atoms with Gasteiger partial charge >= 0.3 is 0 Å². The molecule has 3 N–H and O–H groups in total. The predicted molar refractivity (Wildman–Crippen MR) is 147 cm³/mol. The molecule has 2 atom stereocenters. The normalized spacial score (nSPS) is 19.6. The van der Waals surface area contributed by atoms with E-state index in [-0.39, 0.29) is 16.4 Å². The molecule has 4 aromatic rings. The average molecular weight is 555 g/mol.